The summed E-state index contributed by atoms with van der Waals surface area (Å²) < 4.78 is 0. The minimum absolute atomic E-state index is 0.317. The molecule has 2 saturated carbocycles. The lowest BCUT2D eigenvalue weighted by Gasteiger charge is -2.54. The summed E-state index contributed by atoms with van der Waals surface area (Å²) in [4.78, 5) is 5.97. The molecule has 2 aliphatic heterocycles. The van der Waals surface area contributed by atoms with Crippen molar-refractivity contribution in [2.75, 3.05) is 13.1 Å². The van der Waals surface area contributed by atoms with E-state index in [-0.39, 0.29) is 0 Å². The summed E-state index contributed by atoms with van der Waals surface area (Å²) in [7, 11) is 0. The molecule has 4 aliphatic rings. The van der Waals surface area contributed by atoms with Crippen LogP contribution >= 0.6 is 0 Å². The van der Waals surface area contributed by atoms with E-state index in [9.17, 15) is 0 Å². The molecule has 0 radical (unpaired) electrons. The van der Waals surface area contributed by atoms with Crippen molar-refractivity contribution in [1.82, 2.24) is 9.80 Å². The molecule has 0 aromatic rings. The number of nitrogens with zero attached hydrogens (tertiary/aromatic N) is 2. The molecule has 2 unspecified atom stereocenters. The maximum Gasteiger partial charge on any atom is 0.0219 e. The quantitative estimate of drug-likeness (QED) is 0.425. The molecule has 4 rings (SSSR count). The first-order valence-corrected chi connectivity index (χ1v) is 14.1. The Hall–Kier alpha value is -0.0800. The summed E-state index contributed by atoms with van der Waals surface area (Å²) in [6.07, 6.45) is 14.1. The standard InChI is InChI=1S/C30H56N2/c1-25(2,3)23-11-19-31(29(21-23)15-16-29)27(7,8)13-14-28(9,10)32-20-12-24(26(4,5)6)22-30(32)17-18-30/h23-24H,11-22H2,1-10H3. The van der Waals surface area contributed by atoms with E-state index in [1.165, 1.54) is 77.3 Å². The average molecular weight is 445 g/mol. The monoisotopic (exact) mass is 444 g/mol. The Kier molecular flexibility index (Phi) is 6.03. The third-order valence-electron chi connectivity index (χ3n) is 10.7. The Balaban J connectivity index is 1.40. The molecule has 0 aromatic heterocycles. The normalized spacial score (nSPS) is 31.3. The Morgan fingerprint density at radius 2 is 0.875 bits per heavy atom. The fourth-order valence-corrected chi connectivity index (χ4v) is 7.87. The van der Waals surface area contributed by atoms with E-state index in [0.717, 1.165) is 11.8 Å². The van der Waals surface area contributed by atoms with Crippen LogP contribution < -0.4 is 0 Å². The average Bonchev–Trinajstić information content (AvgIpc) is 3.58. The summed E-state index contributed by atoms with van der Waals surface area (Å²) >= 11 is 0. The zero-order chi connectivity index (χ0) is 23.8. The van der Waals surface area contributed by atoms with Crippen LogP contribution in [0.5, 0.6) is 0 Å². The van der Waals surface area contributed by atoms with Crippen molar-refractivity contribution in [2.24, 2.45) is 22.7 Å². The fraction of sp³-hybridized carbons (Fsp3) is 1.00. The highest BCUT2D eigenvalue weighted by Crippen LogP contribution is 2.58. The van der Waals surface area contributed by atoms with E-state index in [1.54, 1.807) is 0 Å². The Morgan fingerprint density at radius 1 is 0.562 bits per heavy atom. The second-order valence-electron chi connectivity index (χ2n) is 16.0. The molecule has 0 aromatic carbocycles. The topological polar surface area (TPSA) is 6.48 Å². The lowest BCUT2D eigenvalue weighted by atomic mass is 9.70. The third kappa shape index (κ3) is 4.71. The van der Waals surface area contributed by atoms with Gasteiger partial charge in [0.25, 0.3) is 0 Å². The van der Waals surface area contributed by atoms with Crippen molar-refractivity contribution in [3.8, 4) is 0 Å². The zero-order valence-corrected chi connectivity index (χ0v) is 23.5. The van der Waals surface area contributed by atoms with Crippen LogP contribution in [0.3, 0.4) is 0 Å². The van der Waals surface area contributed by atoms with Gasteiger partial charge in [-0.2, -0.15) is 0 Å². The molecule has 0 amide bonds. The highest BCUT2D eigenvalue weighted by molar-refractivity contribution is 5.14. The van der Waals surface area contributed by atoms with Crippen LogP contribution in [-0.2, 0) is 0 Å². The first kappa shape index (κ1) is 25.0. The molecule has 2 atom stereocenters. The number of rotatable bonds is 5. The van der Waals surface area contributed by atoms with E-state index < -0.39 is 0 Å². The van der Waals surface area contributed by atoms with Gasteiger partial charge in [-0.25, -0.2) is 0 Å². The first-order valence-electron chi connectivity index (χ1n) is 14.1. The second kappa shape index (κ2) is 7.71. The van der Waals surface area contributed by atoms with Crippen molar-refractivity contribution >= 4 is 0 Å². The van der Waals surface area contributed by atoms with Gasteiger partial charge in [0, 0.05) is 22.2 Å². The van der Waals surface area contributed by atoms with Gasteiger partial charge in [0.05, 0.1) is 0 Å². The molecule has 2 saturated heterocycles. The smallest absolute Gasteiger partial charge is 0.0219 e. The van der Waals surface area contributed by atoms with E-state index in [1.807, 2.05) is 0 Å². The Morgan fingerprint density at radius 3 is 1.12 bits per heavy atom. The molecule has 2 spiro atoms. The van der Waals surface area contributed by atoms with Gasteiger partial charge >= 0.3 is 0 Å². The molecule has 0 bridgehead atoms. The molecule has 32 heavy (non-hydrogen) atoms. The molecule has 2 nitrogen and oxygen atoms in total. The van der Waals surface area contributed by atoms with Crippen molar-refractivity contribution in [1.29, 1.82) is 0 Å². The van der Waals surface area contributed by atoms with E-state index in [2.05, 4.69) is 79.0 Å². The maximum atomic E-state index is 2.98. The number of hydrogen-bond acceptors (Lipinski definition) is 2. The lowest BCUT2D eigenvalue weighted by molar-refractivity contribution is -0.0464. The number of piperidine rings is 2. The van der Waals surface area contributed by atoms with Crippen LogP contribution in [0.15, 0.2) is 0 Å². The van der Waals surface area contributed by atoms with Crippen LogP contribution in [-0.4, -0.2) is 45.0 Å². The number of likely N-dealkylation sites (tertiary alicyclic amines) is 2. The predicted molar refractivity (Wildman–Crippen MR) is 139 cm³/mol. The summed E-state index contributed by atoms with van der Waals surface area (Å²) in [5, 5.41) is 0. The summed E-state index contributed by atoms with van der Waals surface area (Å²) in [5.41, 5.74) is 2.63. The molecular formula is C30H56N2. The van der Waals surface area contributed by atoms with Gasteiger partial charge in [0.15, 0.2) is 0 Å². The Bertz CT molecular complexity index is 621. The molecule has 2 heterocycles. The second-order valence-corrected chi connectivity index (χ2v) is 16.0. The number of hydrogen-bond donors (Lipinski definition) is 0. The van der Waals surface area contributed by atoms with E-state index in [4.69, 9.17) is 0 Å². The molecule has 0 N–H and O–H groups in total. The van der Waals surface area contributed by atoms with E-state index in [0.29, 0.717) is 33.0 Å². The van der Waals surface area contributed by atoms with Crippen LogP contribution in [0, 0.1) is 22.7 Å². The molecule has 186 valence electrons. The van der Waals surface area contributed by atoms with Gasteiger partial charge in [-0.3, -0.25) is 9.80 Å². The highest BCUT2D eigenvalue weighted by atomic mass is 15.3. The van der Waals surface area contributed by atoms with Crippen LogP contribution in [0.1, 0.15) is 133 Å². The van der Waals surface area contributed by atoms with Gasteiger partial charge in [-0.05, 0) is 128 Å². The van der Waals surface area contributed by atoms with Crippen molar-refractivity contribution in [3.05, 3.63) is 0 Å². The predicted octanol–water partition coefficient (Wildman–Crippen LogP) is 7.91. The SMILES string of the molecule is CC(C)(C)C1CCN(C(C)(C)CCC(C)(C)N2CCC(C(C)(C)C)CC23CC3)C2(CC2)C1. The van der Waals surface area contributed by atoms with Crippen molar-refractivity contribution < 1.29 is 0 Å². The lowest BCUT2D eigenvalue weighted by Crippen LogP contribution is -2.59. The zero-order valence-electron chi connectivity index (χ0n) is 23.5. The van der Waals surface area contributed by atoms with Gasteiger partial charge in [0.2, 0.25) is 0 Å². The van der Waals surface area contributed by atoms with Gasteiger partial charge < -0.3 is 0 Å². The largest absolute Gasteiger partial charge is 0.293 e. The summed E-state index contributed by atoms with van der Waals surface area (Å²) in [6, 6.07) is 0. The fourth-order valence-electron chi connectivity index (χ4n) is 7.87. The molecule has 2 aliphatic carbocycles. The van der Waals surface area contributed by atoms with Crippen LogP contribution in [0.2, 0.25) is 0 Å². The highest BCUT2D eigenvalue weighted by Gasteiger charge is 2.58. The summed E-state index contributed by atoms with van der Waals surface area (Å²) in [5.74, 6) is 1.79. The third-order valence-corrected chi connectivity index (χ3v) is 10.7. The first-order chi connectivity index (χ1) is 14.5. The molecule has 4 fully saturated rings. The molecule has 2 heteroatoms. The van der Waals surface area contributed by atoms with Crippen LogP contribution in [0.4, 0.5) is 0 Å². The van der Waals surface area contributed by atoms with Crippen molar-refractivity contribution in [2.45, 2.75) is 156 Å². The van der Waals surface area contributed by atoms with Crippen molar-refractivity contribution in [3.63, 3.8) is 0 Å². The Labute approximate surface area is 201 Å². The van der Waals surface area contributed by atoms with Crippen LogP contribution in [0.25, 0.3) is 0 Å². The minimum atomic E-state index is 0.317. The summed E-state index contributed by atoms with van der Waals surface area (Å²) in [6.45, 7) is 27.7. The minimum Gasteiger partial charge on any atom is -0.293 e. The van der Waals surface area contributed by atoms with Gasteiger partial charge in [0.1, 0.15) is 0 Å². The maximum absolute atomic E-state index is 2.98. The van der Waals surface area contributed by atoms with Gasteiger partial charge in [-0.15, -0.1) is 0 Å². The van der Waals surface area contributed by atoms with E-state index >= 15 is 0 Å². The van der Waals surface area contributed by atoms with Gasteiger partial charge in [-0.1, -0.05) is 41.5 Å². The molecular weight excluding hydrogens is 388 g/mol.